The number of hydrogen-bond acceptors (Lipinski definition) is 4. The molecule has 0 aromatic carbocycles. The van der Waals surface area contributed by atoms with Crippen LogP contribution in [0, 0.1) is 0 Å². The Morgan fingerprint density at radius 2 is 2.32 bits per heavy atom. The van der Waals surface area contributed by atoms with E-state index in [9.17, 15) is 13.2 Å². The Morgan fingerprint density at radius 3 is 3.00 bits per heavy atom. The Balaban J connectivity index is 1.68. The van der Waals surface area contributed by atoms with E-state index in [1.165, 1.54) is 24.2 Å². The number of alkyl halides is 3. The van der Waals surface area contributed by atoms with E-state index in [0.29, 0.717) is 12.5 Å². The second-order valence-electron chi connectivity index (χ2n) is 4.65. The van der Waals surface area contributed by atoms with Crippen LogP contribution >= 0.6 is 11.3 Å². The van der Waals surface area contributed by atoms with E-state index >= 15 is 0 Å². The maximum absolute atomic E-state index is 11.9. The Kier molecular flexibility index (Phi) is 5.18. The first-order chi connectivity index (χ1) is 9.03. The third kappa shape index (κ3) is 5.46. The van der Waals surface area contributed by atoms with E-state index in [-0.39, 0.29) is 6.61 Å². The summed E-state index contributed by atoms with van der Waals surface area (Å²) in [4.78, 5) is 4.42. The van der Waals surface area contributed by atoms with Gasteiger partial charge in [-0.25, -0.2) is 4.98 Å². The lowest BCUT2D eigenvalue weighted by atomic mass is 10.1. The SMILES string of the molecule is FC(F)(F)COCCc1nc(CC2CCCN2)cs1. The highest BCUT2D eigenvalue weighted by Crippen LogP contribution is 2.17. The Bertz CT molecular complexity index is 389. The number of ether oxygens (including phenoxy) is 1. The van der Waals surface area contributed by atoms with Crippen molar-refractivity contribution in [3.8, 4) is 0 Å². The normalized spacial score (nSPS) is 20.1. The van der Waals surface area contributed by atoms with Gasteiger partial charge in [-0.15, -0.1) is 11.3 Å². The third-order valence-electron chi connectivity index (χ3n) is 2.94. The first-order valence-corrected chi connectivity index (χ1v) is 7.22. The fourth-order valence-corrected chi connectivity index (χ4v) is 2.88. The number of thiazole rings is 1. The number of nitrogens with one attached hydrogen (secondary N) is 1. The molecule has 0 spiro atoms. The summed E-state index contributed by atoms with van der Waals surface area (Å²) in [6.07, 6.45) is -0.532. The van der Waals surface area contributed by atoms with Gasteiger partial charge in [-0.05, 0) is 19.4 Å². The molecule has 0 aliphatic carbocycles. The van der Waals surface area contributed by atoms with Crippen molar-refractivity contribution in [1.29, 1.82) is 0 Å². The van der Waals surface area contributed by atoms with Gasteiger partial charge in [0, 0.05) is 24.3 Å². The Morgan fingerprint density at radius 1 is 1.47 bits per heavy atom. The number of hydrogen-bond donors (Lipinski definition) is 1. The minimum absolute atomic E-state index is 0.0636. The first-order valence-electron chi connectivity index (χ1n) is 6.34. The summed E-state index contributed by atoms with van der Waals surface area (Å²) in [6.45, 7) is -0.0572. The zero-order valence-corrected chi connectivity index (χ0v) is 11.3. The van der Waals surface area contributed by atoms with E-state index in [1.54, 1.807) is 0 Å². The van der Waals surface area contributed by atoms with Crippen molar-refractivity contribution in [2.75, 3.05) is 19.8 Å². The van der Waals surface area contributed by atoms with Crippen molar-refractivity contribution in [3.05, 3.63) is 16.1 Å². The molecule has 19 heavy (non-hydrogen) atoms. The lowest BCUT2D eigenvalue weighted by Crippen LogP contribution is -2.23. The quantitative estimate of drug-likeness (QED) is 0.819. The predicted molar refractivity (Wildman–Crippen MR) is 67.4 cm³/mol. The molecule has 1 atom stereocenters. The van der Waals surface area contributed by atoms with Gasteiger partial charge >= 0.3 is 6.18 Å². The number of aromatic nitrogens is 1. The predicted octanol–water partition coefficient (Wildman–Crippen LogP) is 2.56. The molecule has 1 unspecified atom stereocenters. The largest absolute Gasteiger partial charge is 0.411 e. The summed E-state index contributed by atoms with van der Waals surface area (Å²) in [7, 11) is 0. The zero-order chi connectivity index (χ0) is 13.7. The summed E-state index contributed by atoms with van der Waals surface area (Å²) in [6, 6.07) is 0.497. The molecule has 1 aliphatic rings. The van der Waals surface area contributed by atoms with E-state index in [4.69, 9.17) is 0 Å². The summed E-state index contributed by atoms with van der Waals surface area (Å²) >= 11 is 1.49. The molecule has 1 aliphatic heterocycles. The summed E-state index contributed by atoms with van der Waals surface area (Å²) in [5.74, 6) is 0. The van der Waals surface area contributed by atoms with Crippen molar-refractivity contribution < 1.29 is 17.9 Å². The second kappa shape index (κ2) is 6.67. The van der Waals surface area contributed by atoms with Gasteiger partial charge in [0.1, 0.15) is 6.61 Å². The summed E-state index contributed by atoms with van der Waals surface area (Å²) in [5.41, 5.74) is 1.02. The lowest BCUT2D eigenvalue weighted by molar-refractivity contribution is -0.173. The van der Waals surface area contributed by atoms with Crippen LogP contribution in [0.3, 0.4) is 0 Å². The molecule has 108 valence electrons. The Labute approximate surface area is 114 Å². The molecule has 0 bridgehead atoms. The molecule has 2 heterocycles. The van der Waals surface area contributed by atoms with Crippen LogP contribution in [0.15, 0.2) is 5.38 Å². The van der Waals surface area contributed by atoms with Gasteiger partial charge in [0.25, 0.3) is 0 Å². The molecule has 3 nitrogen and oxygen atoms in total. The monoisotopic (exact) mass is 294 g/mol. The molecular weight excluding hydrogens is 277 g/mol. The van der Waals surface area contributed by atoms with Crippen LogP contribution < -0.4 is 5.32 Å². The van der Waals surface area contributed by atoms with E-state index < -0.39 is 12.8 Å². The van der Waals surface area contributed by atoms with Crippen molar-refractivity contribution >= 4 is 11.3 Å². The van der Waals surface area contributed by atoms with Crippen molar-refractivity contribution in [1.82, 2.24) is 10.3 Å². The van der Waals surface area contributed by atoms with Gasteiger partial charge in [-0.3, -0.25) is 0 Å². The average molecular weight is 294 g/mol. The van der Waals surface area contributed by atoms with Gasteiger partial charge in [0.05, 0.1) is 17.3 Å². The molecule has 1 saturated heterocycles. The highest BCUT2D eigenvalue weighted by Gasteiger charge is 2.27. The topological polar surface area (TPSA) is 34.1 Å². The molecule has 0 radical (unpaired) electrons. The molecule has 0 amide bonds. The molecule has 2 rings (SSSR count). The first kappa shape index (κ1) is 14.7. The molecule has 1 aromatic rings. The standard InChI is InChI=1S/C12H17F3N2OS/c13-12(14,15)8-18-5-3-11-17-10(7-19-11)6-9-2-1-4-16-9/h7,9,16H,1-6,8H2. The number of rotatable bonds is 6. The van der Waals surface area contributed by atoms with Crippen LogP contribution in [-0.2, 0) is 17.6 Å². The van der Waals surface area contributed by atoms with Crippen molar-refractivity contribution in [2.45, 2.75) is 37.9 Å². The van der Waals surface area contributed by atoms with Crippen molar-refractivity contribution in [3.63, 3.8) is 0 Å². The number of halogens is 3. The van der Waals surface area contributed by atoms with Gasteiger partial charge in [0.15, 0.2) is 0 Å². The summed E-state index contributed by atoms with van der Waals surface area (Å²) < 4.78 is 40.2. The number of nitrogens with zero attached hydrogens (tertiary/aromatic N) is 1. The minimum atomic E-state index is -4.25. The maximum atomic E-state index is 11.9. The van der Waals surface area contributed by atoms with Crippen LogP contribution in [0.25, 0.3) is 0 Å². The molecule has 7 heteroatoms. The van der Waals surface area contributed by atoms with E-state index in [0.717, 1.165) is 23.7 Å². The molecule has 1 N–H and O–H groups in total. The third-order valence-corrected chi connectivity index (χ3v) is 3.90. The van der Waals surface area contributed by atoms with Crippen LogP contribution in [0.4, 0.5) is 13.2 Å². The summed E-state index contributed by atoms with van der Waals surface area (Å²) in [5, 5.41) is 6.23. The highest BCUT2D eigenvalue weighted by molar-refractivity contribution is 7.09. The van der Waals surface area contributed by atoms with Crippen LogP contribution in [0.1, 0.15) is 23.5 Å². The maximum Gasteiger partial charge on any atom is 0.411 e. The average Bonchev–Trinajstić information content (AvgIpc) is 2.96. The van der Waals surface area contributed by atoms with Crippen LogP contribution in [-0.4, -0.2) is 37.0 Å². The Hall–Kier alpha value is -0.660. The van der Waals surface area contributed by atoms with Crippen molar-refractivity contribution in [2.24, 2.45) is 0 Å². The second-order valence-corrected chi connectivity index (χ2v) is 5.59. The van der Waals surface area contributed by atoms with E-state index in [2.05, 4.69) is 15.0 Å². The lowest BCUT2D eigenvalue weighted by Gasteiger charge is -2.07. The fraction of sp³-hybridized carbons (Fsp3) is 0.750. The zero-order valence-electron chi connectivity index (χ0n) is 10.5. The van der Waals surface area contributed by atoms with E-state index in [1.807, 2.05) is 5.38 Å². The molecule has 1 fully saturated rings. The molecular formula is C12H17F3N2OS. The fourth-order valence-electron chi connectivity index (χ4n) is 2.09. The van der Waals surface area contributed by atoms with Gasteiger partial charge in [0.2, 0.25) is 0 Å². The van der Waals surface area contributed by atoms with Crippen LogP contribution in [0.5, 0.6) is 0 Å². The minimum Gasteiger partial charge on any atom is -0.372 e. The van der Waals surface area contributed by atoms with Gasteiger partial charge < -0.3 is 10.1 Å². The van der Waals surface area contributed by atoms with Crippen LogP contribution in [0.2, 0.25) is 0 Å². The van der Waals surface area contributed by atoms with Gasteiger partial charge in [-0.1, -0.05) is 0 Å². The van der Waals surface area contributed by atoms with Gasteiger partial charge in [-0.2, -0.15) is 13.2 Å². The smallest absolute Gasteiger partial charge is 0.372 e. The highest BCUT2D eigenvalue weighted by atomic mass is 32.1. The molecule has 1 aromatic heterocycles. The molecule has 0 saturated carbocycles.